The third-order valence-electron chi connectivity index (χ3n) is 3.56. The maximum atomic E-state index is 11.5. The molecule has 120 valence electrons. The Kier molecular flexibility index (Phi) is 5.88. The highest BCUT2D eigenvalue weighted by Crippen LogP contribution is 2.08. The summed E-state index contributed by atoms with van der Waals surface area (Å²) < 4.78 is 0. The Morgan fingerprint density at radius 1 is 0.739 bits per heavy atom. The lowest BCUT2D eigenvalue weighted by Crippen LogP contribution is -2.49. The van der Waals surface area contributed by atoms with Crippen molar-refractivity contribution in [2.75, 3.05) is 0 Å². The van der Waals surface area contributed by atoms with Crippen LogP contribution in [-0.2, 0) is 22.4 Å². The predicted molar refractivity (Wildman–Crippen MR) is 86.3 cm³/mol. The van der Waals surface area contributed by atoms with Crippen molar-refractivity contribution < 1.29 is 19.8 Å². The molecule has 3 N–H and O–H groups in total. The van der Waals surface area contributed by atoms with Crippen molar-refractivity contribution in [2.45, 2.75) is 24.9 Å². The molecule has 1 unspecified atom stereocenters. The zero-order valence-electron chi connectivity index (χ0n) is 12.6. The van der Waals surface area contributed by atoms with Gasteiger partial charge in [0.25, 0.3) is 0 Å². The van der Waals surface area contributed by atoms with Crippen LogP contribution in [0.25, 0.3) is 0 Å². The van der Waals surface area contributed by atoms with E-state index in [-0.39, 0.29) is 12.8 Å². The molecule has 5 heteroatoms. The SMILES string of the molecule is O=C(O)C(Cc1ccccc1)N[C@@H](Cc1ccccc1)C(=O)O. The van der Waals surface area contributed by atoms with Gasteiger partial charge in [0.1, 0.15) is 12.1 Å². The van der Waals surface area contributed by atoms with Crippen LogP contribution in [0.5, 0.6) is 0 Å². The number of benzene rings is 2. The number of carboxylic acid groups (broad SMARTS) is 2. The van der Waals surface area contributed by atoms with Gasteiger partial charge < -0.3 is 10.2 Å². The third-order valence-corrected chi connectivity index (χ3v) is 3.56. The van der Waals surface area contributed by atoms with E-state index in [1.165, 1.54) is 0 Å². The summed E-state index contributed by atoms with van der Waals surface area (Å²) in [6.07, 6.45) is 0.462. The number of hydrogen-bond donors (Lipinski definition) is 3. The molecule has 23 heavy (non-hydrogen) atoms. The molecule has 2 aromatic carbocycles. The van der Waals surface area contributed by atoms with Crippen LogP contribution in [0.3, 0.4) is 0 Å². The first-order valence-corrected chi connectivity index (χ1v) is 7.36. The number of rotatable bonds is 8. The summed E-state index contributed by atoms with van der Waals surface area (Å²) in [5, 5.41) is 21.5. The molecule has 0 aliphatic heterocycles. The van der Waals surface area contributed by atoms with Crippen molar-refractivity contribution in [3.05, 3.63) is 71.8 Å². The first-order valence-electron chi connectivity index (χ1n) is 7.36. The third kappa shape index (κ3) is 5.23. The highest BCUT2D eigenvalue weighted by Gasteiger charge is 2.26. The molecule has 0 radical (unpaired) electrons. The molecule has 0 bridgehead atoms. The van der Waals surface area contributed by atoms with E-state index in [0.717, 1.165) is 11.1 Å². The zero-order valence-corrected chi connectivity index (χ0v) is 12.6. The van der Waals surface area contributed by atoms with Crippen molar-refractivity contribution in [3.8, 4) is 0 Å². The van der Waals surface area contributed by atoms with E-state index in [0.29, 0.717) is 0 Å². The summed E-state index contributed by atoms with van der Waals surface area (Å²) in [6, 6.07) is 16.4. The topological polar surface area (TPSA) is 86.6 Å². The van der Waals surface area contributed by atoms with Gasteiger partial charge >= 0.3 is 11.9 Å². The average molecular weight is 313 g/mol. The highest BCUT2D eigenvalue weighted by atomic mass is 16.4. The lowest BCUT2D eigenvalue weighted by molar-refractivity contribution is -0.142. The maximum absolute atomic E-state index is 11.5. The molecule has 0 fully saturated rings. The first-order chi connectivity index (χ1) is 11.1. The lowest BCUT2D eigenvalue weighted by Gasteiger charge is -2.20. The summed E-state index contributed by atoms with van der Waals surface area (Å²) in [7, 11) is 0. The van der Waals surface area contributed by atoms with Gasteiger partial charge in [-0.2, -0.15) is 0 Å². The van der Waals surface area contributed by atoms with E-state index in [4.69, 9.17) is 0 Å². The molecule has 0 saturated heterocycles. The minimum atomic E-state index is -1.06. The Morgan fingerprint density at radius 2 is 1.09 bits per heavy atom. The first kappa shape index (κ1) is 16.7. The van der Waals surface area contributed by atoms with E-state index in [9.17, 15) is 19.8 Å². The normalized spacial score (nSPS) is 13.2. The van der Waals surface area contributed by atoms with Crippen molar-refractivity contribution >= 4 is 11.9 Å². The molecule has 0 heterocycles. The fourth-order valence-electron chi connectivity index (χ4n) is 2.38. The maximum Gasteiger partial charge on any atom is 0.321 e. The van der Waals surface area contributed by atoms with Gasteiger partial charge in [-0.15, -0.1) is 0 Å². The molecule has 2 atom stereocenters. The van der Waals surface area contributed by atoms with Gasteiger partial charge in [0.05, 0.1) is 0 Å². The van der Waals surface area contributed by atoms with Crippen molar-refractivity contribution in [1.82, 2.24) is 5.32 Å². The second-order valence-electron chi connectivity index (χ2n) is 5.33. The van der Waals surface area contributed by atoms with Crippen LogP contribution in [0.2, 0.25) is 0 Å². The number of carboxylic acids is 2. The Labute approximate surface area is 134 Å². The summed E-state index contributed by atoms with van der Waals surface area (Å²) in [4.78, 5) is 22.9. The zero-order chi connectivity index (χ0) is 16.7. The lowest BCUT2D eigenvalue weighted by atomic mass is 10.0. The van der Waals surface area contributed by atoms with Crippen LogP contribution in [0, 0.1) is 0 Å². The second-order valence-corrected chi connectivity index (χ2v) is 5.33. The largest absolute Gasteiger partial charge is 0.480 e. The van der Waals surface area contributed by atoms with Crippen LogP contribution < -0.4 is 5.32 Å². The fraction of sp³-hybridized carbons (Fsp3) is 0.222. The molecule has 0 aromatic heterocycles. The smallest absolute Gasteiger partial charge is 0.321 e. The average Bonchev–Trinajstić information content (AvgIpc) is 2.55. The standard InChI is InChI=1S/C18H19NO4/c20-17(21)15(11-13-7-3-1-4-8-13)19-16(18(22)23)12-14-9-5-2-6-10-14/h1-10,15-16,19H,11-12H2,(H,20,21)(H,22,23)/t15-,16?/m0/s1. The molecule has 0 spiro atoms. The minimum absolute atomic E-state index is 0.231. The van der Waals surface area contributed by atoms with E-state index >= 15 is 0 Å². The highest BCUT2D eigenvalue weighted by molar-refractivity contribution is 5.78. The molecule has 0 saturated carbocycles. The van der Waals surface area contributed by atoms with E-state index < -0.39 is 24.0 Å². The van der Waals surface area contributed by atoms with Crippen molar-refractivity contribution in [2.24, 2.45) is 0 Å². The summed E-state index contributed by atoms with van der Waals surface area (Å²) >= 11 is 0. The van der Waals surface area contributed by atoms with E-state index in [1.54, 1.807) is 0 Å². The Hall–Kier alpha value is -2.66. The molecule has 5 nitrogen and oxygen atoms in total. The number of hydrogen-bond acceptors (Lipinski definition) is 3. The quantitative estimate of drug-likeness (QED) is 0.693. The molecule has 0 aliphatic carbocycles. The van der Waals surface area contributed by atoms with Crippen LogP contribution in [0.15, 0.2) is 60.7 Å². The molecule has 0 aliphatic rings. The molecular weight excluding hydrogens is 294 g/mol. The summed E-state index contributed by atoms with van der Waals surface area (Å²) in [5.41, 5.74) is 1.69. The van der Waals surface area contributed by atoms with E-state index in [2.05, 4.69) is 5.32 Å². The van der Waals surface area contributed by atoms with Gasteiger partial charge in [0, 0.05) is 0 Å². The minimum Gasteiger partial charge on any atom is -0.480 e. The Morgan fingerprint density at radius 3 is 1.39 bits per heavy atom. The predicted octanol–water partition coefficient (Wildman–Crippen LogP) is 1.97. The number of carbonyl (C=O) groups is 2. The fourth-order valence-corrected chi connectivity index (χ4v) is 2.38. The van der Waals surface area contributed by atoms with Crippen LogP contribution in [-0.4, -0.2) is 34.2 Å². The molecule has 0 amide bonds. The number of aliphatic carboxylic acids is 2. The summed E-state index contributed by atoms with van der Waals surface area (Å²) in [6.45, 7) is 0. The van der Waals surface area contributed by atoms with Gasteiger partial charge in [-0.25, -0.2) is 0 Å². The van der Waals surface area contributed by atoms with Crippen molar-refractivity contribution in [3.63, 3.8) is 0 Å². The van der Waals surface area contributed by atoms with E-state index in [1.807, 2.05) is 60.7 Å². The van der Waals surface area contributed by atoms with Gasteiger partial charge in [-0.05, 0) is 24.0 Å². The van der Waals surface area contributed by atoms with Crippen LogP contribution in [0.1, 0.15) is 11.1 Å². The van der Waals surface area contributed by atoms with Crippen molar-refractivity contribution in [1.29, 1.82) is 0 Å². The molecular formula is C18H19NO4. The van der Waals surface area contributed by atoms with Crippen LogP contribution >= 0.6 is 0 Å². The van der Waals surface area contributed by atoms with Gasteiger partial charge in [0.15, 0.2) is 0 Å². The van der Waals surface area contributed by atoms with Gasteiger partial charge in [-0.1, -0.05) is 60.7 Å². The molecule has 2 aromatic rings. The molecule has 2 rings (SSSR count). The second kappa shape index (κ2) is 8.10. The monoisotopic (exact) mass is 313 g/mol. The van der Waals surface area contributed by atoms with Gasteiger partial charge in [0.2, 0.25) is 0 Å². The van der Waals surface area contributed by atoms with Crippen LogP contribution in [0.4, 0.5) is 0 Å². The Bertz CT molecular complexity index is 585. The van der Waals surface area contributed by atoms with Gasteiger partial charge in [-0.3, -0.25) is 14.9 Å². The summed E-state index contributed by atoms with van der Waals surface area (Å²) in [5.74, 6) is -2.12. The Balaban J connectivity index is 2.08. The number of nitrogens with one attached hydrogen (secondary N) is 1.